The summed E-state index contributed by atoms with van der Waals surface area (Å²) in [7, 11) is 0. The third kappa shape index (κ3) is 4.24. The number of aromatic nitrogens is 1. The van der Waals surface area contributed by atoms with Crippen LogP contribution in [0.1, 0.15) is 57.8 Å². The fourth-order valence-corrected chi connectivity index (χ4v) is 6.21. The van der Waals surface area contributed by atoms with Crippen LogP contribution in [0.3, 0.4) is 0 Å². The van der Waals surface area contributed by atoms with Crippen LogP contribution in [0.4, 0.5) is 0 Å². The van der Waals surface area contributed by atoms with Gasteiger partial charge in [0.2, 0.25) is 5.91 Å². The number of likely N-dealkylation sites (tertiary alicyclic amines) is 2. The van der Waals surface area contributed by atoms with Gasteiger partial charge in [-0.05, 0) is 49.4 Å². The van der Waals surface area contributed by atoms with E-state index in [9.17, 15) is 14.4 Å². The number of piperazine rings is 1. The highest BCUT2D eigenvalue weighted by Gasteiger charge is 2.50. The first kappa shape index (κ1) is 23.6. The number of aromatic amines is 1. The number of aryl methyl sites for hydroxylation is 2. The first-order chi connectivity index (χ1) is 16.5. The summed E-state index contributed by atoms with van der Waals surface area (Å²) in [6, 6.07) is 10.8. The lowest BCUT2D eigenvalue weighted by molar-refractivity contribution is -0.138. The van der Waals surface area contributed by atoms with Gasteiger partial charge in [-0.25, -0.2) is 0 Å². The van der Waals surface area contributed by atoms with E-state index in [1.165, 1.54) is 11.3 Å². The van der Waals surface area contributed by atoms with E-state index in [2.05, 4.69) is 10.3 Å². The van der Waals surface area contributed by atoms with Crippen LogP contribution in [-0.4, -0.2) is 63.7 Å². The second-order valence-corrected chi connectivity index (χ2v) is 12.1. The van der Waals surface area contributed by atoms with Crippen LogP contribution < -0.4 is 5.32 Å². The van der Waals surface area contributed by atoms with Crippen molar-refractivity contribution in [1.29, 1.82) is 0 Å². The Labute approximate surface area is 209 Å². The number of hydrogen-bond donors (Lipinski definition) is 2. The fourth-order valence-electron chi connectivity index (χ4n) is 5.22. The summed E-state index contributed by atoms with van der Waals surface area (Å²) in [4.78, 5) is 48.8. The van der Waals surface area contributed by atoms with E-state index in [0.717, 1.165) is 32.6 Å². The van der Waals surface area contributed by atoms with Gasteiger partial charge in [0, 0.05) is 28.9 Å². The molecular weight excluding hydrogens is 460 g/mol. The SMILES string of the molecule is Cc1cc(C(=O)N2C[C@@H]3C[C@H]2CN3C(=O)[C@@H](NC(=O)c2cc3ccccc3[nH]2)C(C)(C)C)sc1C. The summed E-state index contributed by atoms with van der Waals surface area (Å²) in [6.45, 7) is 11.0. The zero-order chi connectivity index (χ0) is 25.1. The van der Waals surface area contributed by atoms with Gasteiger partial charge in [-0.1, -0.05) is 39.0 Å². The molecule has 1 aromatic carbocycles. The lowest BCUT2D eigenvalue weighted by Gasteiger charge is -2.39. The maximum absolute atomic E-state index is 13.7. The van der Waals surface area contributed by atoms with Crippen molar-refractivity contribution in [3.63, 3.8) is 0 Å². The second kappa shape index (κ2) is 8.52. The summed E-state index contributed by atoms with van der Waals surface area (Å²) >= 11 is 1.54. The van der Waals surface area contributed by atoms with Crippen molar-refractivity contribution in [3.8, 4) is 0 Å². The van der Waals surface area contributed by atoms with Crippen molar-refractivity contribution in [3.05, 3.63) is 57.4 Å². The molecule has 4 heterocycles. The molecule has 0 radical (unpaired) electrons. The number of nitrogens with zero attached hydrogens (tertiary/aromatic N) is 2. The van der Waals surface area contributed by atoms with Gasteiger partial charge in [0.15, 0.2) is 0 Å². The molecule has 0 unspecified atom stereocenters. The molecule has 2 aliphatic heterocycles. The van der Waals surface area contributed by atoms with E-state index in [-0.39, 0.29) is 29.8 Å². The fraction of sp³-hybridized carbons (Fsp3) is 0.444. The first-order valence-electron chi connectivity index (χ1n) is 12.1. The molecule has 0 spiro atoms. The van der Waals surface area contributed by atoms with Gasteiger partial charge in [-0.15, -0.1) is 11.3 Å². The molecule has 3 aromatic rings. The quantitative estimate of drug-likeness (QED) is 0.575. The molecule has 5 rings (SSSR count). The average molecular weight is 493 g/mol. The Morgan fingerprint density at radius 2 is 1.74 bits per heavy atom. The molecule has 8 heteroatoms. The number of rotatable bonds is 4. The zero-order valence-corrected chi connectivity index (χ0v) is 21.7. The van der Waals surface area contributed by atoms with Gasteiger partial charge in [-0.2, -0.15) is 0 Å². The van der Waals surface area contributed by atoms with Crippen LogP contribution in [0, 0.1) is 19.3 Å². The van der Waals surface area contributed by atoms with E-state index in [1.807, 2.05) is 80.8 Å². The van der Waals surface area contributed by atoms with Crippen molar-refractivity contribution >= 4 is 40.0 Å². The molecule has 7 nitrogen and oxygen atoms in total. The normalized spacial score (nSPS) is 20.5. The number of thiophene rings is 1. The highest BCUT2D eigenvalue weighted by molar-refractivity contribution is 7.14. The number of carbonyl (C=O) groups is 3. The minimum absolute atomic E-state index is 0.0178. The van der Waals surface area contributed by atoms with E-state index in [4.69, 9.17) is 0 Å². The number of hydrogen-bond acceptors (Lipinski definition) is 4. The van der Waals surface area contributed by atoms with Gasteiger partial charge in [0.1, 0.15) is 11.7 Å². The number of nitrogens with one attached hydrogen (secondary N) is 2. The molecule has 2 aromatic heterocycles. The molecule has 2 N–H and O–H groups in total. The third-order valence-corrected chi connectivity index (χ3v) is 8.46. The van der Waals surface area contributed by atoms with Crippen LogP contribution in [0.15, 0.2) is 36.4 Å². The molecule has 0 saturated carbocycles. The number of para-hydroxylation sites is 1. The number of carbonyl (C=O) groups excluding carboxylic acids is 3. The molecule has 3 amide bonds. The Balaban J connectivity index is 1.30. The molecule has 2 saturated heterocycles. The minimum Gasteiger partial charge on any atom is -0.351 e. The molecule has 2 fully saturated rings. The summed E-state index contributed by atoms with van der Waals surface area (Å²) < 4.78 is 0. The highest BCUT2D eigenvalue weighted by Crippen LogP contribution is 2.35. The maximum atomic E-state index is 13.7. The molecule has 0 aliphatic carbocycles. The number of amides is 3. The number of H-pyrrole nitrogens is 1. The highest BCUT2D eigenvalue weighted by atomic mass is 32.1. The van der Waals surface area contributed by atoms with E-state index < -0.39 is 11.5 Å². The molecule has 3 atom stereocenters. The summed E-state index contributed by atoms with van der Waals surface area (Å²) in [6.07, 6.45) is 0.785. The van der Waals surface area contributed by atoms with Gasteiger partial charge in [0.05, 0.1) is 17.0 Å². The zero-order valence-electron chi connectivity index (χ0n) is 20.8. The molecule has 2 bridgehead atoms. The van der Waals surface area contributed by atoms with Crippen molar-refractivity contribution in [2.24, 2.45) is 5.41 Å². The van der Waals surface area contributed by atoms with Crippen LogP contribution in [0.2, 0.25) is 0 Å². The lowest BCUT2D eigenvalue weighted by atomic mass is 9.85. The van der Waals surface area contributed by atoms with E-state index >= 15 is 0 Å². The monoisotopic (exact) mass is 492 g/mol. The Kier molecular flexibility index (Phi) is 5.74. The van der Waals surface area contributed by atoms with E-state index in [1.54, 1.807) is 0 Å². The Hall–Kier alpha value is -3.13. The number of benzene rings is 1. The van der Waals surface area contributed by atoms with Crippen LogP contribution in [0.25, 0.3) is 10.9 Å². The van der Waals surface area contributed by atoms with Crippen molar-refractivity contribution in [1.82, 2.24) is 20.1 Å². The van der Waals surface area contributed by atoms with Crippen molar-refractivity contribution in [2.45, 2.75) is 59.2 Å². The lowest BCUT2D eigenvalue weighted by Crippen LogP contribution is -2.59. The minimum atomic E-state index is -0.674. The maximum Gasteiger partial charge on any atom is 0.268 e. The number of fused-ring (bicyclic) bond motifs is 3. The predicted molar refractivity (Wildman–Crippen MR) is 138 cm³/mol. The first-order valence-corrected chi connectivity index (χ1v) is 12.9. The Morgan fingerprint density at radius 1 is 1.06 bits per heavy atom. The second-order valence-electron chi connectivity index (χ2n) is 10.9. The molecular formula is C27H32N4O3S. The topological polar surface area (TPSA) is 85.5 Å². The standard InChI is InChI=1S/C27H32N4O3S/c1-15-10-22(35-16(15)2)25(33)30-13-19-12-18(30)14-31(19)26(34)23(27(3,4)5)29-24(32)21-11-17-8-6-7-9-20(17)28-21/h6-11,18-19,23,28H,12-14H2,1-5H3,(H,29,32)/t18-,19-,23+/m0/s1. The van der Waals surface area contributed by atoms with Crippen molar-refractivity contribution in [2.75, 3.05) is 13.1 Å². The molecule has 184 valence electrons. The van der Waals surface area contributed by atoms with Crippen LogP contribution in [-0.2, 0) is 4.79 Å². The Morgan fingerprint density at radius 3 is 2.34 bits per heavy atom. The molecule has 35 heavy (non-hydrogen) atoms. The average Bonchev–Trinajstić information content (AvgIpc) is 3.58. The molecule has 2 aliphatic rings. The van der Waals surface area contributed by atoms with Crippen LogP contribution >= 0.6 is 11.3 Å². The summed E-state index contributed by atoms with van der Waals surface area (Å²) in [5, 5.41) is 3.95. The van der Waals surface area contributed by atoms with Gasteiger partial charge < -0.3 is 20.1 Å². The summed E-state index contributed by atoms with van der Waals surface area (Å²) in [5.74, 6) is -0.311. The largest absolute Gasteiger partial charge is 0.351 e. The van der Waals surface area contributed by atoms with Crippen LogP contribution in [0.5, 0.6) is 0 Å². The predicted octanol–water partition coefficient (Wildman–Crippen LogP) is 4.12. The van der Waals surface area contributed by atoms with Crippen molar-refractivity contribution < 1.29 is 14.4 Å². The van der Waals surface area contributed by atoms with Gasteiger partial charge in [0.25, 0.3) is 11.8 Å². The van der Waals surface area contributed by atoms with Gasteiger partial charge >= 0.3 is 0 Å². The smallest absolute Gasteiger partial charge is 0.268 e. The third-order valence-electron chi connectivity index (χ3n) is 7.32. The Bertz CT molecular complexity index is 1260. The van der Waals surface area contributed by atoms with Gasteiger partial charge in [-0.3, -0.25) is 14.4 Å². The van der Waals surface area contributed by atoms with E-state index in [0.29, 0.717) is 18.8 Å². The summed E-state index contributed by atoms with van der Waals surface area (Å²) in [5.41, 5.74) is 1.99.